The third-order valence-electron chi connectivity index (χ3n) is 2.84. The van der Waals surface area contributed by atoms with Gasteiger partial charge in [0.2, 0.25) is 0 Å². The number of carbonyl (C=O) groups excluding carboxylic acids is 2. The van der Waals surface area contributed by atoms with Gasteiger partial charge in [0.15, 0.2) is 5.78 Å². The summed E-state index contributed by atoms with van der Waals surface area (Å²) < 4.78 is 4.97. The van der Waals surface area contributed by atoms with Crippen LogP contribution >= 0.6 is 11.6 Å². The van der Waals surface area contributed by atoms with Crippen LogP contribution in [0.4, 0.5) is 0 Å². The number of nitrogens with zero attached hydrogens (tertiary/aromatic N) is 1. The van der Waals surface area contributed by atoms with Crippen LogP contribution in [0.2, 0.25) is 5.15 Å². The van der Waals surface area contributed by atoms with Crippen LogP contribution in [0.25, 0.3) is 6.08 Å². The van der Waals surface area contributed by atoms with Crippen molar-refractivity contribution in [3.8, 4) is 0 Å². The number of pyridine rings is 1. The number of esters is 1. The fourth-order valence-corrected chi connectivity index (χ4v) is 2.03. The highest BCUT2D eigenvalue weighted by Gasteiger charge is 2.21. The molecule has 5 heteroatoms. The molecule has 0 amide bonds. The van der Waals surface area contributed by atoms with E-state index >= 15 is 0 Å². The monoisotopic (exact) mass is 315 g/mol. The van der Waals surface area contributed by atoms with E-state index < -0.39 is 11.8 Å². The van der Waals surface area contributed by atoms with Gasteiger partial charge in [-0.3, -0.25) is 4.79 Å². The summed E-state index contributed by atoms with van der Waals surface area (Å²) in [7, 11) is 0. The molecule has 0 N–H and O–H groups in total. The van der Waals surface area contributed by atoms with Crippen molar-refractivity contribution in [3.05, 3.63) is 70.5 Å². The number of ether oxygens (including phenoxy) is 1. The Labute approximate surface area is 133 Å². The summed E-state index contributed by atoms with van der Waals surface area (Å²) in [6.45, 7) is 1.88. The number of Topliss-reactive ketones (excluding diaryl/α,β-unsaturated/α-hetero) is 1. The first kappa shape index (κ1) is 15.9. The molecule has 22 heavy (non-hydrogen) atoms. The van der Waals surface area contributed by atoms with Crippen LogP contribution in [0.3, 0.4) is 0 Å². The van der Waals surface area contributed by atoms with Gasteiger partial charge in [-0.25, -0.2) is 9.78 Å². The first-order valence-electron chi connectivity index (χ1n) is 6.72. The number of carbonyl (C=O) groups is 2. The highest BCUT2D eigenvalue weighted by molar-refractivity contribution is 6.30. The maximum Gasteiger partial charge on any atom is 0.342 e. The number of aromatic nitrogens is 1. The molecule has 2 rings (SSSR count). The second-order valence-electron chi connectivity index (χ2n) is 4.39. The van der Waals surface area contributed by atoms with Crippen molar-refractivity contribution < 1.29 is 14.3 Å². The molecule has 112 valence electrons. The van der Waals surface area contributed by atoms with Crippen molar-refractivity contribution in [2.75, 3.05) is 6.61 Å². The first-order chi connectivity index (χ1) is 10.6. The molecule has 0 aliphatic heterocycles. The molecule has 0 saturated heterocycles. The predicted octanol–water partition coefficient (Wildman–Crippen LogP) is 3.56. The largest absolute Gasteiger partial charge is 0.462 e. The fraction of sp³-hybridized carbons (Fsp3) is 0.118. The first-order valence-corrected chi connectivity index (χ1v) is 7.09. The second-order valence-corrected chi connectivity index (χ2v) is 4.77. The van der Waals surface area contributed by atoms with Crippen LogP contribution in [0.1, 0.15) is 22.8 Å². The lowest BCUT2D eigenvalue weighted by Gasteiger charge is -2.07. The van der Waals surface area contributed by atoms with Gasteiger partial charge in [0, 0.05) is 11.8 Å². The van der Waals surface area contributed by atoms with E-state index in [9.17, 15) is 9.59 Å². The SMILES string of the molecule is CCOC(=O)/C(=C\c1ccnc(Cl)c1)C(=O)c1ccccc1. The summed E-state index contributed by atoms with van der Waals surface area (Å²) in [6.07, 6.45) is 2.96. The van der Waals surface area contributed by atoms with E-state index in [0.717, 1.165) is 0 Å². The average molecular weight is 316 g/mol. The number of hydrogen-bond acceptors (Lipinski definition) is 4. The van der Waals surface area contributed by atoms with Gasteiger partial charge in [-0.1, -0.05) is 41.9 Å². The zero-order valence-electron chi connectivity index (χ0n) is 12.0. The quantitative estimate of drug-likeness (QED) is 0.211. The maximum atomic E-state index is 12.5. The van der Waals surface area contributed by atoms with Gasteiger partial charge >= 0.3 is 5.97 Å². The van der Waals surface area contributed by atoms with Crippen molar-refractivity contribution in [2.45, 2.75) is 6.92 Å². The Morgan fingerprint density at radius 1 is 1.23 bits per heavy atom. The van der Waals surface area contributed by atoms with Gasteiger partial charge in [0.25, 0.3) is 0 Å². The number of hydrogen-bond donors (Lipinski definition) is 0. The number of ketones is 1. The molecule has 1 aromatic carbocycles. The normalized spacial score (nSPS) is 11.1. The van der Waals surface area contributed by atoms with Gasteiger partial charge in [0.05, 0.1) is 6.61 Å². The van der Waals surface area contributed by atoms with Crippen molar-refractivity contribution in [1.29, 1.82) is 0 Å². The van der Waals surface area contributed by atoms with Crippen LogP contribution in [0, 0.1) is 0 Å². The summed E-state index contributed by atoms with van der Waals surface area (Å²) in [5, 5.41) is 0.282. The molecule has 1 aromatic heterocycles. The Hall–Kier alpha value is -2.46. The molecular formula is C17H14ClNO3. The van der Waals surface area contributed by atoms with Crippen LogP contribution in [-0.4, -0.2) is 23.3 Å². The van der Waals surface area contributed by atoms with E-state index in [0.29, 0.717) is 11.1 Å². The van der Waals surface area contributed by atoms with Crippen molar-refractivity contribution in [2.24, 2.45) is 0 Å². The Kier molecular flexibility index (Phi) is 5.44. The molecule has 0 radical (unpaired) electrons. The molecule has 4 nitrogen and oxygen atoms in total. The molecule has 0 saturated carbocycles. The summed E-state index contributed by atoms with van der Waals surface area (Å²) >= 11 is 5.82. The van der Waals surface area contributed by atoms with E-state index in [-0.39, 0.29) is 17.3 Å². The summed E-state index contributed by atoms with van der Waals surface area (Å²) in [6, 6.07) is 11.8. The molecule has 2 aromatic rings. The van der Waals surface area contributed by atoms with Crippen molar-refractivity contribution in [1.82, 2.24) is 4.98 Å². The smallest absolute Gasteiger partial charge is 0.342 e. The molecule has 0 spiro atoms. The minimum atomic E-state index is -0.663. The Morgan fingerprint density at radius 3 is 2.59 bits per heavy atom. The highest BCUT2D eigenvalue weighted by Crippen LogP contribution is 2.16. The van der Waals surface area contributed by atoms with E-state index in [4.69, 9.17) is 16.3 Å². The van der Waals surface area contributed by atoms with Crippen LogP contribution in [0.5, 0.6) is 0 Å². The molecule has 0 fully saturated rings. The van der Waals surface area contributed by atoms with Gasteiger partial charge in [-0.05, 0) is 30.7 Å². The summed E-state index contributed by atoms with van der Waals surface area (Å²) in [4.78, 5) is 28.5. The Bertz CT molecular complexity index is 711. The lowest BCUT2D eigenvalue weighted by atomic mass is 10.0. The van der Waals surface area contributed by atoms with E-state index in [1.165, 1.54) is 12.3 Å². The van der Waals surface area contributed by atoms with Gasteiger partial charge < -0.3 is 4.74 Å². The molecule has 0 unspecified atom stereocenters. The minimum Gasteiger partial charge on any atom is -0.462 e. The molecule has 1 heterocycles. The Balaban J connectivity index is 2.43. The third kappa shape index (κ3) is 4.02. The standard InChI is InChI=1S/C17H14ClNO3/c1-2-22-17(21)14(10-12-8-9-19-15(18)11-12)16(20)13-6-4-3-5-7-13/h3-11H,2H2,1H3/b14-10-. The van der Waals surface area contributed by atoms with Crippen molar-refractivity contribution in [3.63, 3.8) is 0 Å². The second kappa shape index (κ2) is 7.52. The number of halogens is 1. The molecule has 0 atom stereocenters. The zero-order chi connectivity index (χ0) is 15.9. The number of benzene rings is 1. The molecule has 0 bridgehead atoms. The van der Waals surface area contributed by atoms with Gasteiger partial charge in [-0.2, -0.15) is 0 Å². The molecular weight excluding hydrogens is 302 g/mol. The minimum absolute atomic E-state index is 0.0460. The average Bonchev–Trinajstić information content (AvgIpc) is 2.53. The molecule has 0 aliphatic carbocycles. The van der Waals surface area contributed by atoms with Gasteiger partial charge in [-0.15, -0.1) is 0 Å². The lowest BCUT2D eigenvalue weighted by Crippen LogP contribution is -2.16. The Morgan fingerprint density at radius 2 is 1.95 bits per heavy atom. The summed E-state index contributed by atoms with van der Waals surface area (Å²) in [5.41, 5.74) is 0.976. The summed E-state index contributed by atoms with van der Waals surface area (Å²) in [5.74, 6) is -1.06. The van der Waals surface area contributed by atoms with Crippen LogP contribution in [-0.2, 0) is 9.53 Å². The topological polar surface area (TPSA) is 56.3 Å². The third-order valence-corrected chi connectivity index (χ3v) is 3.04. The van der Waals surface area contributed by atoms with Crippen LogP contribution < -0.4 is 0 Å². The highest BCUT2D eigenvalue weighted by atomic mass is 35.5. The van der Waals surface area contributed by atoms with E-state index in [2.05, 4.69) is 4.98 Å². The maximum absolute atomic E-state index is 12.5. The van der Waals surface area contributed by atoms with E-state index in [1.54, 1.807) is 49.4 Å². The predicted molar refractivity (Wildman–Crippen MR) is 84.6 cm³/mol. The fourth-order valence-electron chi connectivity index (χ4n) is 1.84. The van der Waals surface area contributed by atoms with Gasteiger partial charge in [0.1, 0.15) is 10.7 Å². The van der Waals surface area contributed by atoms with Crippen LogP contribution in [0.15, 0.2) is 54.2 Å². The lowest BCUT2D eigenvalue weighted by molar-refractivity contribution is -0.137. The molecule has 0 aliphatic rings. The number of rotatable bonds is 5. The zero-order valence-corrected chi connectivity index (χ0v) is 12.7. The van der Waals surface area contributed by atoms with Crippen molar-refractivity contribution >= 4 is 29.4 Å². The van der Waals surface area contributed by atoms with E-state index in [1.807, 2.05) is 0 Å².